The maximum absolute atomic E-state index is 12.9. The Kier molecular flexibility index (Phi) is 9.98. The zero-order chi connectivity index (χ0) is 16.3. The van der Waals surface area contributed by atoms with Crippen molar-refractivity contribution in [1.29, 1.82) is 0 Å². The molecular weight excluding hydrogens is 418 g/mol. The summed E-state index contributed by atoms with van der Waals surface area (Å²) in [5.74, 6) is 0.598. The molecule has 0 atom stereocenters. The van der Waals surface area contributed by atoms with Gasteiger partial charge >= 0.3 is 0 Å². The van der Waals surface area contributed by atoms with Gasteiger partial charge in [-0.05, 0) is 49.1 Å². The van der Waals surface area contributed by atoms with Crippen LogP contribution < -0.4 is 10.6 Å². The molecule has 0 unspecified atom stereocenters. The number of nitrogens with zero attached hydrogens (tertiary/aromatic N) is 2. The third-order valence-electron chi connectivity index (χ3n) is 3.36. The van der Waals surface area contributed by atoms with Crippen LogP contribution >= 0.6 is 24.0 Å². The first-order valence-corrected chi connectivity index (χ1v) is 7.93. The van der Waals surface area contributed by atoms with E-state index in [0.717, 1.165) is 37.5 Å². The lowest BCUT2D eigenvalue weighted by Crippen LogP contribution is -2.38. The Morgan fingerprint density at radius 3 is 2.54 bits per heavy atom. The van der Waals surface area contributed by atoms with Crippen LogP contribution in [-0.2, 0) is 12.8 Å². The zero-order valence-electron chi connectivity index (χ0n) is 13.8. The largest absolute Gasteiger partial charge is 0.357 e. The van der Waals surface area contributed by atoms with E-state index in [2.05, 4.69) is 26.7 Å². The number of aromatic nitrogens is 1. The molecule has 2 rings (SSSR count). The van der Waals surface area contributed by atoms with E-state index < -0.39 is 0 Å². The van der Waals surface area contributed by atoms with Gasteiger partial charge in [-0.25, -0.2) is 4.39 Å². The number of halogens is 2. The highest BCUT2D eigenvalue weighted by Crippen LogP contribution is 2.03. The molecule has 0 saturated carbocycles. The molecule has 0 spiro atoms. The number of nitrogens with one attached hydrogen (secondary N) is 2. The first-order valence-electron chi connectivity index (χ1n) is 7.93. The van der Waals surface area contributed by atoms with E-state index in [1.807, 2.05) is 19.2 Å². The smallest absolute Gasteiger partial charge is 0.191 e. The molecule has 130 valence electrons. The van der Waals surface area contributed by atoms with Crippen LogP contribution in [0.2, 0.25) is 0 Å². The molecule has 6 heteroatoms. The molecule has 1 aromatic heterocycles. The molecule has 0 saturated heterocycles. The Labute approximate surface area is 160 Å². The highest BCUT2D eigenvalue weighted by molar-refractivity contribution is 14.0. The second-order valence-corrected chi connectivity index (χ2v) is 5.18. The number of hydrogen-bond donors (Lipinski definition) is 2. The van der Waals surface area contributed by atoms with Gasteiger partial charge in [-0.1, -0.05) is 18.2 Å². The lowest BCUT2D eigenvalue weighted by atomic mass is 10.1. The van der Waals surface area contributed by atoms with Gasteiger partial charge in [0.05, 0.1) is 0 Å². The summed E-state index contributed by atoms with van der Waals surface area (Å²) < 4.78 is 12.9. The van der Waals surface area contributed by atoms with Crippen LogP contribution in [0.5, 0.6) is 0 Å². The molecule has 0 aliphatic heterocycles. The van der Waals surface area contributed by atoms with E-state index in [4.69, 9.17) is 0 Å². The molecule has 1 aromatic carbocycles. The van der Waals surface area contributed by atoms with E-state index in [1.54, 1.807) is 18.3 Å². The average molecular weight is 442 g/mol. The molecule has 2 aromatic rings. The summed E-state index contributed by atoms with van der Waals surface area (Å²) in [6.45, 7) is 4.31. The number of rotatable bonds is 7. The molecule has 2 N–H and O–H groups in total. The second kappa shape index (κ2) is 11.8. The van der Waals surface area contributed by atoms with Crippen molar-refractivity contribution in [3.8, 4) is 0 Å². The Hall–Kier alpha value is -1.70. The van der Waals surface area contributed by atoms with Crippen molar-refractivity contribution in [3.05, 3.63) is 65.7 Å². The average Bonchev–Trinajstić information content (AvgIpc) is 2.58. The van der Waals surface area contributed by atoms with Crippen molar-refractivity contribution in [2.45, 2.75) is 19.8 Å². The number of guanidine groups is 1. The lowest BCUT2D eigenvalue weighted by Gasteiger charge is -2.11. The molecule has 24 heavy (non-hydrogen) atoms. The minimum absolute atomic E-state index is 0. The van der Waals surface area contributed by atoms with Crippen molar-refractivity contribution in [2.24, 2.45) is 4.99 Å². The lowest BCUT2D eigenvalue weighted by molar-refractivity contribution is 0.627. The highest BCUT2D eigenvalue weighted by atomic mass is 127. The first kappa shape index (κ1) is 20.3. The van der Waals surface area contributed by atoms with Crippen molar-refractivity contribution in [1.82, 2.24) is 15.6 Å². The highest BCUT2D eigenvalue weighted by Gasteiger charge is 1.98. The minimum Gasteiger partial charge on any atom is -0.357 e. The Balaban J connectivity index is 0.00000288. The summed E-state index contributed by atoms with van der Waals surface area (Å²) in [7, 11) is 0. The molecule has 0 amide bonds. The zero-order valence-corrected chi connectivity index (χ0v) is 16.2. The van der Waals surface area contributed by atoms with E-state index in [0.29, 0.717) is 6.54 Å². The van der Waals surface area contributed by atoms with Crippen molar-refractivity contribution >= 4 is 29.9 Å². The van der Waals surface area contributed by atoms with E-state index in [-0.39, 0.29) is 29.8 Å². The van der Waals surface area contributed by atoms with Gasteiger partial charge in [0.25, 0.3) is 0 Å². The monoisotopic (exact) mass is 442 g/mol. The van der Waals surface area contributed by atoms with Crippen molar-refractivity contribution in [2.75, 3.05) is 19.6 Å². The fourth-order valence-corrected chi connectivity index (χ4v) is 2.16. The standard InChI is InChI=1S/C18H23FN4.HI/c1-2-21-18(23-13-10-16-4-3-11-20-14-16)22-12-9-15-5-7-17(19)8-6-15;/h3-8,11,14H,2,9-10,12-13H2,1H3,(H2,21,22,23);1H. The van der Waals surface area contributed by atoms with Crippen LogP contribution in [0, 0.1) is 5.82 Å². The van der Waals surface area contributed by atoms with Crippen LogP contribution in [0.25, 0.3) is 0 Å². The Morgan fingerprint density at radius 1 is 1.08 bits per heavy atom. The number of aliphatic imine (C=N–C) groups is 1. The van der Waals surface area contributed by atoms with Crippen LogP contribution in [-0.4, -0.2) is 30.6 Å². The fraction of sp³-hybridized carbons (Fsp3) is 0.333. The third-order valence-corrected chi connectivity index (χ3v) is 3.36. The summed E-state index contributed by atoms with van der Waals surface area (Å²) in [6.07, 6.45) is 5.34. The predicted octanol–water partition coefficient (Wildman–Crippen LogP) is 3.18. The van der Waals surface area contributed by atoms with Crippen LogP contribution in [0.1, 0.15) is 18.1 Å². The first-order chi connectivity index (χ1) is 11.3. The Morgan fingerprint density at radius 2 is 1.88 bits per heavy atom. The molecule has 0 bridgehead atoms. The summed E-state index contributed by atoms with van der Waals surface area (Å²) in [6, 6.07) is 10.6. The summed E-state index contributed by atoms with van der Waals surface area (Å²) in [4.78, 5) is 8.66. The molecule has 1 heterocycles. The van der Waals surface area contributed by atoms with E-state index in [9.17, 15) is 4.39 Å². The molecular formula is C18H24FIN4. The molecule has 0 aliphatic carbocycles. The van der Waals surface area contributed by atoms with Gasteiger partial charge in [0.15, 0.2) is 5.96 Å². The summed E-state index contributed by atoms with van der Waals surface area (Å²) >= 11 is 0. The SMILES string of the molecule is CCNC(=NCCc1ccc(F)cc1)NCCc1cccnc1.I. The summed E-state index contributed by atoms with van der Waals surface area (Å²) in [5, 5.41) is 6.54. The molecule has 0 aliphatic rings. The maximum atomic E-state index is 12.9. The van der Waals surface area contributed by atoms with Gasteiger partial charge in [0.2, 0.25) is 0 Å². The van der Waals surface area contributed by atoms with Crippen LogP contribution in [0.15, 0.2) is 53.8 Å². The number of pyridine rings is 1. The van der Waals surface area contributed by atoms with Gasteiger partial charge in [0.1, 0.15) is 5.82 Å². The fourth-order valence-electron chi connectivity index (χ4n) is 2.16. The van der Waals surface area contributed by atoms with E-state index >= 15 is 0 Å². The quantitative estimate of drug-likeness (QED) is 0.394. The van der Waals surface area contributed by atoms with Crippen LogP contribution in [0.3, 0.4) is 0 Å². The molecule has 4 nitrogen and oxygen atoms in total. The van der Waals surface area contributed by atoms with Gasteiger partial charge in [0, 0.05) is 32.0 Å². The third kappa shape index (κ3) is 7.72. The Bertz CT molecular complexity index is 602. The number of hydrogen-bond acceptors (Lipinski definition) is 2. The number of benzene rings is 1. The van der Waals surface area contributed by atoms with Gasteiger partial charge in [-0.2, -0.15) is 0 Å². The predicted molar refractivity (Wildman–Crippen MR) is 107 cm³/mol. The van der Waals surface area contributed by atoms with Gasteiger partial charge < -0.3 is 10.6 Å². The second-order valence-electron chi connectivity index (χ2n) is 5.18. The minimum atomic E-state index is -0.206. The maximum Gasteiger partial charge on any atom is 0.191 e. The molecule has 0 fully saturated rings. The van der Waals surface area contributed by atoms with Gasteiger partial charge in [-0.3, -0.25) is 9.98 Å². The van der Waals surface area contributed by atoms with Gasteiger partial charge in [-0.15, -0.1) is 24.0 Å². The van der Waals surface area contributed by atoms with Crippen molar-refractivity contribution in [3.63, 3.8) is 0 Å². The normalized spacial score (nSPS) is 10.8. The topological polar surface area (TPSA) is 49.3 Å². The molecule has 0 radical (unpaired) electrons. The van der Waals surface area contributed by atoms with Crippen molar-refractivity contribution < 1.29 is 4.39 Å². The van der Waals surface area contributed by atoms with Crippen LogP contribution in [0.4, 0.5) is 4.39 Å². The van der Waals surface area contributed by atoms with E-state index in [1.165, 1.54) is 17.7 Å². The summed E-state index contributed by atoms with van der Waals surface area (Å²) in [5.41, 5.74) is 2.28.